The second-order valence-corrected chi connectivity index (χ2v) is 7.19. The van der Waals surface area contributed by atoms with Crippen LogP contribution in [0.2, 0.25) is 5.02 Å². The standard InChI is InChI=1S/C18H17ClN2O2S/c1-10(2)18(23)21-15(14-6-4-8-24-14)12-9-13(19)11-5-3-7-20-16(11)17(12)22/h3-10,15,22H,1-2H3,(H,21,23)/t15-/m1/s1. The topological polar surface area (TPSA) is 62.2 Å². The molecule has 3 aromatic rings. The predicted octanol–water partition coefficient (Wildman–Crippen LogP) is 4.52. The normalized spacial score (nSPS) is 12.5. The Hall–Kier alpha value is -2.11. The van der Waals surface area contributed by atoms with Gasteiger partial charge in [0.2, 0.25) is 5.91 Å². The number of aromatic hydroxyl groups is 1. The third-order valence-electron chi connectivity index (χ3n) is 3.79. The highest BCUT2D eigenvalue weighted by Gasteiger charge is 2.24. The maximum absolute atomic E-state index is 12.2. The summed E-state index contributed by atoms with van der Waals surface area (Å²) in [5.41, 5.74) is 0.975. The summed E-state index contributed by atoms with van der Waals surface area (Å²) in [6.07, 6.45) is 1.61. The number of phenols is 1. The van der Waals surface area contributed by atoms with Crippen LogP contribution >= 0.6 is 22.9 Å². The first-order valence-corrected chi connectivity index (χ1v) is 8.84. The number of halogens is 1. The average Bonchev–Trinajstić information content (AvgIpc) is 3.10. The van der Waals surface area contributed by atoms with Crippen LogP contribution in [0.25, 0.3) is 10.9 Å². The first-order valence-electron chi connectivity index (χ1n) is 7.59. The number of pyridine rings is 1. The van der Waals surface area contributed by atoms with Crippen LogP contribution in [0.3, 0.4) is 0 Å². The van der Waals surface area contributed by atoms with E-state index in [1.54, 1.807) is 24.4 Å². The number of aromatic nitrogens is 1. The van der Waals surface area contributed by atoms with Crippen molar-refractivity contribution in [3.05, 3.63) is 57.4 Å². The number of rotatable bonds is 4. The summed E-state index contributed by atoms with van der Waals surface area (Å²) in [5, 5.41) is 16.8. The fraction of sp³-hybridized carbons (Fsp3) is 0.222. The molecule has 0 aliphatic carbocycles. The van der Waals surface area contributed by atoms with E-state index in [0.29, 0.717) is 21.5 Å². The fourth-order valence-corrected chi connectivity index (χ4v) is 3.56. The molecule has 24 heavy (non-hydrogen) atoms. The molecule has 0 saturated carbocycles. The molecule has 0 radical (unpaired) electrons. The Morgan fingerprint density at radius 2 is 2.12 bits per heavy atom. The molecule has 0 aliphatic rings. The number of benzene rings is 1. The maximum Gasteiger partial charge on any atom is 0.223 e. The van der Waals surface area contributed by atoms with Gasteiger partial charge in [-0.25, -0.2) is 0 Å². The lowest BCUT2D eigenvalue weighted by Gasteiger charge is -2.21. The lowest BCUT2D eigenvalue weighted by Crippen LogP contribution is -2.32. The predicted molar refractivity (Wildman–Crippen MR) is 97.6 cm³/mol. The molecule has 1 amide bonds. The number of nitrogens with one attached hydrogen (secondary N) is 1. The van der Waals surface area contributed by atoms with E-state index in [1.807, 2.05) is 31.4 Å². The molecule has 6 heteroatoms. The van der Waals surface area contributed by atoms with E-state index in [4.69, 9.17) is 11.6 Å². The van der Waals surface area contributed by atoms with Gasteiger partial charge in [-0.15, -0.1) is 11.3 Å². The third-order valence-corrected chi connectivity index (χ3v) is 5.04. The summed E-state index contributed by atoms with van der Waals surface area (Å²) in [6, 6.07) is 8.64. The molecule has 124 valence electrons. The molecular weight excluding hydrogens is 344 g/mol. The minimum atomic E-state index is -0.469. The van der Waals surface area contributed by atoms with Gasteiger partial charge in [0, 0.05) is 27.9 Å². The van der Waals surface area contributed by atoms with E-state index in [1.165, 1.54) is 11.3 Å². The first-order chi connectivity index (χ1) is 11.5. The Bertz CT molecular complexity index is 878. The van der Waals surface area contributed by atoms with Crippen LogP contribution in [-0.4, -0.2) is 16.0 Å². The van der Waals surface area contributed by atoms with Crippen molar-refractivity contribution >= 4 is 39.7 Å². The average molecular weight is 361 g/mol. The number of fused-ring (bicyclic) bond motifs is 1. The second kappa shape index (κ2) is 6.79. The Morgan fingerprint density at radius 3 is 2.79 bits per heavy atom. The molecule has 0 saturated heterocycles. The van der Waals surface area contributed by atoms with Crippen LogP contribution in [0.4, 0.5) is 0 Å². The van der Waals surface area contributed by atoms with Crippen molar-refractivity contribution in [3.8, 4) is 5.75 Å². The van der Waals surface area contributed by atoms with Crippen LogP contribution in [-0.2, 0) is 4.79 Å². The van der Waals surface area contributed by atoms with Crippen LogP contribution < -0.4 is 5.32 Å². The van der Waals surface area contributed by atoms with Crippen molar-refractivity contribution in [2.24, 2.45) is 5.92 Å². The zero-order valence-corrected chi connectivity index (χ0v) is 14.9. The largest absolute Gasteiger partial charge is 0.505 e. The van der Waals surface area contributed by atoms with Crippen molar-refractivity contribution < 1.29 is 9.90 Å². The number of amides is 1. The number of carbonyl (C=O) groups excluding carboxylic acids is 1. The lowest BCUT2D eigenvalue weighted by atomic mass is 10.0. The van der Waals surface area contributed by atoms with Gasteiger partial charge in [0.25, 0.3) is 0 Å². The second-order valence-electron chi connectivity index (χ2n) is 5.81. The molecule has 0 fully saturated rings. The Balaban J connectivity index is 2.16. The molecule has 1 aromatic carbocycles. The van der Waals surface area contributed by atoms with Gasteiger partial charge in [-0.05, 0) is 29.6 Å². The molecular formula is C18H17ClN2O2S. The van der Waals surface area contributed by atoms with Crippen LogP contribution in [0, 0.1) is 5.92 Å². The minimum Gasteiger partial charge on any atom is -0.505 e. The summed E-state index contributed by atoms with van der Waals surface area (Å²) in [4.78, 5) is 17.4. The van der Waals surface area contributed by atoms with Crippen LogP contribution in [0.5, 0.6) is 5.75 Å². The van der Waals surface area contributed by atoms with Crippen molar-refractivity contribution in [2.45, 2.75) is 19.9 Å². The number of phenolic OH excluding ortho intramolecular Hbond substituents is 1. The van der Waals surface area contributed by atoms with Crippen LogP contribution in [0.15, 0.2) is 41.9 Å². The third kappa shape index (κ3) is 3.09. The van der Waals surface area contributed by atoms with Gasteiger partial charge in [-0.1, -0.05) is 31.5 Å². The van der Waals surface area contributed by atoms with Crippen molar-refractivity contribution in [1.29, 1.82) is 0 Å². The van der Waals surface area contributed by atoms with E-state index in [0.717, 1.165) is 4.88 Å². The summed E-state index contributed by atoms with van der Waals surface area (Å²) < 4.78 is 0. The quantitative estimate of drug-likeness (QED) is 0.719. The first kappa shape index (κ1) is 16.7. The fourth-order valence-electron chi connectivity index (χ4n) is 2.49. The summed E-state index contributed by atoms with van der Waals surface area (Å²) in [5.74, 6) is -0.217. The van der Waals surface area contributed by atoms with Gasteiger partial charge >= 0.3 is 0 Å². The molecule has 0 spiro atoms. The van der Waals surface area contributed by atoms with Gasteiger partial charge < -0.3 is 10.4 Å². The van der Waals surface area contributed by atoms with E-state index in [-0.39, 0.29) is 17.6 Å². The maximum atomic E-state index is 12.2. The zero-order chi connectivity index (χ0) is 17.3. The summed E-state index contributed by atoms with van der Waals surface area (Å²) in [6.45, 7) is 3.66. The van der Waals surface area contributed by atoms with Gasteiger partial charge in [-0.3, -0.25) is 9.78 Å². The van der Waals surface area contributed by atoms with E-state index >= 15 is 0 Å². The molecule has 0 aliphatic heterocycles. The van der Waals surface area contributed by atoms with Crippen molar-refractivity contribution in [3.63, 3.8) is 0 Å². The number of nitrogens with zero attached hydrogens (tertiary/aromatic N) is 1. The Labute approximate surface area is 149 Å². The van der Waals surface area contributed by atoms with Crippen LogP contribution in [0.1, 0.15) is 30.3 Å². The van der Waals surface area contributed by atoms with E-state index in [9.17, 15) is 9.90 Å². The van der Waals surface area contributed by atoms with Gasteiger partial charge in [0.15, 0.2) is 0 Å². The summed E-state index contributed by atoms with van der Waals surface area (Å²) >= 11 is 7.89. The monoisotopic (exact) mass is 360 g/mol. The molecule has 2 N–H and O–H groups in total. The Kier molecular flexibility index (Phi) is 4.73. The number of thiophene rings is 1. The van der Waals surface area contributed by atoms with Crippen molar-refractivity contribution in [2.75, 3.05) is 0 Å². The minimum absolute atomic E-state index is 0.0393. The van der Waals surface area contributed by atoms with Gasteiger partial charge in [0.05, 0.1) is 11.1 Å². The van der Waals surface area contributed by atoms with Gasteiger partial charge in [-0.2, -0.15) is 0 Å². The van der Waals surface area contributed by atoms with E-state index < -0.39 is 6.04 Å². The smallest absolute Gasteiger partial charge is 0.223 e. The lowest BCUT2D eigenvalue weighted by molar-refractivity contribution is -0.124. The Morgan fingerprint density at radius 1 is 1.33 bits per heavy atom. The SMILES string of the molecule is CC(C)C(=O)N[C@@H](c1cccs1)c1cc(Cl)c2cccnc2c1O. The van der Waals surface area contributed by atoms with Crippen molar-refractivity contribution in [1.82, 2.24) is 10.3 Å². The molecule has 2 aromatic heterocycles. The molecule has 0 unspecified atom stereocenters. The molecule has 2 heterocycles. The molecule has 4 nitrogen and oxygen atoms in total. The molecule has 1 atom stereocenters. The highest BCUT2D eigenvalue weighted by Crippen LogP contribution is 2.39. The number of carbonyl (C=O) groups is 1. The number of hydrogen-bond donors (Lipinski definition) is 2. The van der Waals surface area contributed by atoms with E-state index in [2.05, 4.69) is 10.3 Å². The van der Waals surface area contributed by atoms with Gasteiger partial charge in [0.1, 0.15) is 11.3 Å². The highest BCUT2D eigenvalue weighted by molar-refractivity contribution is 7.10. The zero-order valence-electron chi connectivity index (χ0n) is 13.3. The molecule has 0 bridgehead atoms. The number of hydrogen-bond acceptors (Lipinski definition) is 4. The summed E-state index contributed by atoms with van der Waals surface area (Å²) in [7, 11) is 0. The highest BCUT2D eigenvalue weighted by atomic mass is 35.5. The molecule has 3 rings (SSSR count).